The van der Waals surface area contributed by atoms with E-state index in [4.69, 9.17) is 4.98 Å². The van der Waals surface area contributed by atoms with Crippen LogP contribution in [0.15, 0.2) is 0 Å². The van der Waals surface area contributed by atoms with Gasteiger partial charge < -0.3 is 9.80 Å². The summed E-state index contributed by atoms with van der Waals surface area (Å²) >= 11 is 1.71. The Morgan fingerprint density at radius 3 is 2.71 bits per heavy atom. The number of rotatable bonds is 2. The summed E-state index contributed by atoms with van der Waals surface area (Å²) in [6.07, 6.45) is 5.66. The standard InChI is InChI=1S/C17H25N5OS/c1-12-14-15(20(2)19-12)18-17(24-14)22-10-6-7-13(11-22)16(23)21-8-4-3-5-9-21/h13H,3-11H2,1-2H3/t13-/m1/s1. The van der Waals surface area contributed by atoms with Gasteiger partial charge >= 0.3 is 0 Å². The zero-order valence-electron chi connectivity index (χ0n) is 14.5. The van der Waals surface area contributed by atoms with Crippen LogP contribution in [0.4, 0.5) is 5.13 Å². The summed E-state index contributed by atoms with van der Waals surface area (Å²) in [6, 6.07) is 0. The SMILES string of the molecule is Cc1nn(C)c2nc(N3CCC[C@@H](C(=O)N4CCCCC4)C3)sc12. The number of carbonyl (C=O) groups excluding carboxylic acids is 1. The first-order chi connectivity index (χ1) is 11.6. The highest BCUT2D eigenvalue weighted by Crippen LogP contribution is 2.33. The number of fused-ring (bicyclic) bond motifs is 1. The number of likely N-dealkylation sites (tertiary alicyclic amines) is 1. The fourth-order valence-electron chi connectivity index (χ4n) is 3.93. The van der Waals surface area contributed by atoms with Crippen LogP contribution in [0.1, 0.15) is 37.8 Å². The minimum absolute atomic E-state index is 0.128. The molecule has 0 bridgehead atoms. The summed E-state index contributed by atoms with van der Waals surface area (Å²) in [5.74, 6) is 0.487. The van der Waals surface area contributed by atoms with Crippen molar-refractivity contribution in [2.45, 2.75) is 39.0 Å². The van der Waals surface area contributed by atoms with E-state index in [-0.39, 0.29) is 5.92 Å². The Hall–Kier alpha value is -1.63. The van der Waals surface area contributed by atoms with Crippen LogP contribution in [0.5, 0.6) is 0 Å². The molecule has 4 rings (SSSR count). The number of hydrogen-bond acceptors (Lipinski definition) is 5. The fraction of sp³-hybridized carbons (Fsp3) is 0.706. The summed E-state index contributed by atoms with van der Waals surface area (Å²) in [4.78, 5) is 22.0. The number of hydrogen-bond donors (Lipinski definition) is 0. The van der Waals surface area contributed by atoms with Gasteiger partial charge in [-0.3, -0.25) is 4.79 Å². The van der Waals surface area contributed by atoms with Crippen LogP contribution in [-0.4, -0.2) is 51.8 Å². The van der Waals surface area contributed by atoms with E-state index in [1.165, 1.54) is 6.42 Å². The first-order valence-corrected chi connectivity index (χ1v) is 9.79. The maximum Gasteiger partial charge on any atom is 0.227 e. The van der Waals surface area contributed by atoms with Crippen molar-refractivity contribution in [3.63, 3.8) is 0 Å². The molecule has 0 saturated carbocycles. The minimum atomic E-state index is 0.128. The second-order valence-electron chi connectivity index (χ2n) is 7.03. The van der Waals surface area contributed by atoms with E-state index in [9.17, 15) is 4.79 Å². The molecule has 7 heteroatoms. The van der Waals surface area contributed by atoms with Gasteiger partial charge in [0.15, 0.2) is 10.8 Å². The first kappa shape index (κ1) is 15.9. The third-order valence-corrected chi connectivity index (χ3v) is 6.46. The van der Waals surface area contributed by atoms with E-state index in [1.54, 1.807) is 11.3 Å². The number of thiazole rings is 1. The third kappa shape index (κ3) is 2.79. The molecule has 2 aliphatic heterocycles. The fourth-order valence-corrected chi connectivity index (χ4v) is 5.00. The van der Waals surface area contributed by atoms with Crippen molar-refractivity contribution in [1.29, 1.82) is 0 Å². The Morgan fingerprint density at radius 1 is 1.17 bits per heavy atom. The lowest BCUT2D eigenvalue weighted by molar-refractivity contribution is -0.136. The van der Waals surface area contributed by atoms with Gasteiger partial charge in [0, 0.05) is 33.2 Å². The van der Waals surface area contributed by atoms with Gasteiger partial charge in [-0.25, -0.2) is 9.67 Å². The third-order valence-electron chi connectivity index (χ3n) is 5.24. The average molecular weight is 347 g/mol. The van der Waals surface area contributed by atoms with Gasteiger partial charge in [0.25, 0.3) is 0 Å². The minimum Gasteiger partial charge on any atom is -0.347 e. The number of aryl methyl sites for hydroxylation is 2. The molecule has 130 valence electrons. The predicted octanol–water partition coefficient (Wildman–Crippen LogP) is 2.57. The predicted molar refractivity (Wildman–Crippen MR) is 96.5 cm³/mol. The molecule has 4 heterocycles. The molecule has 0 unspecified atom stereocenters. The average Bonchev–Trinajstić information content (AvgIpc) is 3.17. The molecule has 2 saturated heterocycles. The number of anilines is 1. The number of nitrogens with zero attached hydrogens (tertiary/aromatic N) is 5. The second-order valence-corrected chi connectivity index (χ2v) is 8.01. The van der Waals surface area contributed by atoms with Crippen LogP contribution in [0, 0.1) is 12.8 Å². The molecule has 24 heavy (non-hydrogen) atoms. The molecule has 0 spiro atoms. The van der Waals surface area contributed by atoms with Gasteiger partial charge in [-0.1, -0.05) is 11.3 Å². The van der Waals surface area contributed by atoms with E-state index >= 15 is 0 Å². The maximum atomic E-state index is 12.8. The van der Waals surface area contributed by atoms with Crippen molar-refractivity contribution in [2.75, 3.05) is 31.1 Å². The van der Waals surface area contributed by atoms with E-state index in [2.05, 4.69) is 14.9 Å². The number of carbonyl (C=O) groups is 1. The Balaban J connectivity index is 1.51. The highest BCUT2D eigenvalue weighted by atomic mass is 32.1. The van der Waals surface area contributed by atoms with Crippen LogP contribution in [-0.2, 0) is 11.8 Å². The van der Waals surface area contributed by atoms with Crippen molar-refractivity contribution >= 4 is 32.7 Å². The molecular formula is C17H25N5OS. The Morgan fingerprint density at radius 2 is 1.96 bits per heavy atom. The van der Waals surface area contributed by atoms with Crippen molar-refractivity contribution in [3.8, 4) is 0 Å². The summed E-state index contributed by atoms with van der Waals surface area (Å²) in [5.41, 5.74) is 1.99. The summed E-state index contributed by atoms with van der Waals surface area (Å²) < 4.78 is 3.02. The lowest BCUT2D eigenvalue weighted by Crippen LogP contribution is -2.46. The molecule has 0 aromatic carbocycles. The van der Waals surface area contributed by atoms with Crippen molar-refractivity contribution in [3.05, 3.63) is 5.69 Å². The first-order valence-electron chi connectivity index (χ1n) is 8.97. The summed E-state index contributed by atoms with van der Waals surface area (Å²) in [7, 11) is 1.94. The normalized spacial score (nSPS) is 22.3. The Labute approximate surface area is 146 Å². The van der Waals surface area contributed by atoms with Gasteiger partial charge in [0.2, 0.25) is 5.91 Å². The van der Waals surface area contributed by atoms with Gasteiger partial charge in [-0.2, -0.15) is 5.10 Å². The van der Waals surface area contributed by atoms with E-state index in [0.29, 0.717) is 5.91 Å². The molecular weight excluding hydrogens is 322 g/mol. The molecule has 1 amide bonds. The highest BCUT2D eigenvalue weighted by molar-refractivity contribution is 7.22. The molecule has 0 radical (unpaired) electrons. The molecule has 2 fully saturated rings. The van der Waals surface area contributed by atoms with Crippen molar-refractivity contribution in [1.82, 2.24) is 19.7 Å². The van der Waals surface area contributed by atoms with Crippen LogP contribution in [0.2, 0.25) is 0 Å². The maximum absolute atomic E-state index is 12.8. The van der Waals surface area contributed by atoms with Crippen molar-refractivity contribution in [2.24, 2.45) is 13.0 Å². The van der Waals surface area contributed by atoms with Gasteiger partial charge in [0.05, 0.1) is 16.3 Å². The quantitative estimate of drug-likeness (QED) is 0.838. The van der Waals surface area contributed by atoms with E-state index in [0.717, 1.165) is 73.0 Å². The topological polar surface area (TPSA) is 54.3 Å². The molecule has 2 aromatic rings. The zero-order valence-corrected chi connectivity index (χ0v) is 15.3. The van der Waals surface area contributed by atoms with Crippen LogP contribution in [0.3, 0.4) is 0 Å². The highest BCUT2D eigenvalue weighted by Gasteiger charge is 2.31. The molecule has 2 aromatic heterocycles. The zero-order chi connectivity index (χ0) is 16.7. The van der Waals surface area contributed by atoms with Crippen LogP contribution < -0.4 is 4.90 Å². The Bertz CT molecular complexity index is 711. The van der Waals surface area contributed by atoms with E-state index in [1.807, 2.05) is 18.7 Å². The van der Waals surface area contributed by atoms with Crippen LogP contribution in [0.25, 0.3) is 10.3 Å². The largest absolute Gasteiger partial charge is 0.347 e. The molecule has 0 aliphatic carbocycles. The lowest BCUT2D eigenvalue weighted by Gasteiger charge is -2.36. The number of amides is 1. The monoisotopic (exact) mass is 347 g/mol. The van der Waals surface area contributed by atoms with Gasteiger partial charge in [-0.15, -0.1) is 0 Å². The molecule has 1 atom stereocenters. The second kappa shape index (κ2) is 6.35. The van der Waals surface area contributed by atoms with Gasteiger partial charge in [-0.05, 0) is 39.0 Å². The summed E-state index contributed by atoms with van der Waals surface area (Å²) in [5, 5.41) is 5.47. The van der Waals surface area contributed by atoms with Crippen molar-refractivity contribution < 1.29 is 4.79 Å². The number of piperidine rings is 2. The molecule has 0 N–H and O–H groups in total. The lowest BCUT2D eigenvalue weighted by atomic mass is 9.96. The Kier molecular flexibility index (Phi) is 4.20. The molecule has 6 nitrogen and oxygen atoms in total. The van der Waals surface area contributed by atoms with E-state index < -0.39 is 0 Å². The smallest absolute Gasteiger partial charge is 0.227 e. The molecule has 2 aliphatic rings. The summed E-state index contributed by atoms with van der Waals surface area (Å²) in [6.45, 7) is 5.73. The van der Waals surface area contributed by atoms with Gasteiger partial charge in [0.1, 0.15) is 0 Å². The number of aromatic nitrogens is 3. The van der Waals surface area contributed by atoms with Crippen LogP contribution >= 0.6 is 11.3 Å².